The molecule has 3 atom stereocenters. The Labute approximate surface area is 209 Å². The Morgan fingerprint density at radius 2 is 1.92 bits per heavy atom. The van der Waals surface area contributed by atoms with E-state index in [0.717, 1.165) is 46.2 Å². The summed E-state index contributed by atoms with van der Waals surface area (Å²) >= 11 is 1.77. The zero-order chi connectivity index (χ0) is 25.8. The highest BCUT2D eigenvalue weighted by atomic mass is 32.2. The number of nitrogens with zero attached hydrogens (tertiary/aromatic N) is 2. The second-order valence-electron chi connectivity index (χ2n) is 8.05. The summed E-state index contributed by atoms with van der Waals surface area (Å²) in [5, 5.41) is -0.718. The average Bonchev–Trinajstić information content (AvgIpc) is 3.51. The van der Waals surface area contributed by atoms with Crippen molar-refractivity contribution in [3.05, 3.63) is 68.5 Å². The predicted octanol–water partition coefficient (Wildman–Crippen LogP) is 3.88. The minimum absolute atomic E-state index is 0.117. The van der Waals surface area contributed by atoms with E-state index in [1.807, 2.05) is 0 Å². The van der Waals surface area contributed by atoms with Crippen LogP contribution in [0.25, 0.3) is 0 Å². The summed E-state index contributed by atoms with van der Waals surface area (Å²) < 4.78 is 51.6. The van der Waals surface area contributed by atoms with Crippen molar-refractivity contribution in [1.29, 1.82) is 0 Å². The molecule has 2 aromatic heterocycles. The van der Waals surface area contributed by atoms with E-state index in [9.17, 15) is 32.3 Å². The van der Waals surface area contributed by atoms with E-state index in [0.29, 0.717) is 15.7 Å². The highest BCUT2D eigenvalue weighted by Crippen LogP contribution is 2.54. The molecule has 0 unspecified atom stereocenters. The molecule has 2 amide bonds. The number of anilines is 1. The number of alkyl halides is 3. The second kappa shape index (κ2) is 8.96. The number of amides is 2. The standard InChI is InChI=1S/C23H17F3N2O6S2/c1-2-33-14(29)10-27-21-18(36-22(27)32)15(13-7-4-8-34-13)16-17(35-21)20(31)28(19(16)30)12-6-3-5-11(9-12)23(24,25)26/h3-9,15-17H,2,10H2,1H3/t15-,16-,17+/m0/s1. The molecule has 1 saturated heterocycles. The smallest absolute Gasteiger partial charge is 0.416 e. The lowest BCUT2D eigenvalue weighted by Crippen LogP contribution is -2.32. The molecule has 2 aliphatic heterocycles. The van der Waals surface area contributed by atoms with Crippen molar-refractivity contribution < 1.29 is 36.7 Å². The number of fused-ring (bicyclic) bond motifs is 2. The third kappa shape index (κ3) is 3.95. The Hall–Kier alpha value is -3.32. The molecule has 188 valence electrons. The molecule has 0 radical (unpaired) electrons. The average molecular weight is 539 g/mol. The van der Waals surface area contributed by atoms with Crippen molar-refractivity contribution in [1.82, 2.24) is 4.57 Å². The van der Waals surface area contributed by atoms with Gasteiger partial charge < -0.3 is 9.15 Å². The number of carbonyl (C=O) groups excluding carboxylic acids is 3. The van der Waals surface area contributed by atoms with Gasteiger partial charge in [0.15, 0.2) is 0 Å². The minimum atomic E-state index is -4.66. The number of aromatic nitrogens is 1. The van der Waals surface area contributed by atoms with Gasteiger partial charge >= 0.3 is 17.0 Å². The first kappa shape index (κ1) is 24.4. The number of hydrogen-bond acceptors (Lipinski definition) is 8. The lowest BCUT2D eigenvalue weighted by atomic mass is 9.87. The van der Waals surface area contributed by atoms with E-state index in [1.54, 1.807) is 19.1 Å². The van der Waals surface area contributed by atoms with E-state index in [1.165, 1.54) is 16.9 Å². The molecule has 0 spiro atoms. The van der Waals surface area contributed by atoms with Gasteiger partial charge in [0, 0.05) is 0 Å². The highest BCUT2D eigenvalue weighted by Gasteiger charge is 2.57. The summed E-state index contributed by atoms with van der Waals surface area (Å²) in [5.74, 6) is -3.58. The summed E-state index contributed by atoms with van der Waals surface area (Å²) in [4.78, 5) is 52.7. The first-order valence-corrected chi connectivity index (χ1v) is 12.5. The number of esters is 1. The monoisotopic (exact) mass is 538 g/mol. The fourth-order valence-corrected chi connectivity index (χ4v) is 7.19. The normalized spacial score (nSPS) is 21.4. The minimum Gasteiger partial charge on any atom is -0.469 e. The maximum atomic E-state index is 13.6. The molecule has 1 aromatic carbocycles. The maximum absolute atomic E-state index is 13.6. The van der Waals surface area contributed by atoms with Crippen LogP contribution in [0, 0.1) is 5.92 Å². The highest BCUT2D eigenvalue weighted by molar-refractivity contribution is 8.00. The van der Waals surface area contributed by atoms with Gasteiger partial charge in [0.2, 0.25) is 11.8 Å². The van der Waals surface area contributed by atoms with Gasteiger partial charge in [-0.3, -0.25) is 23.7 Å². The number of carbonyl (C=O) groups is 3. The second-order valence-corrected chi connectivity index (χ2v) is 10.2. The van der Waals surface area contributed by atoms with Crippen LogP contribution in [-0.4, -0.2) is 34.2 Å². The number of ether oxygens (including phenoxy) is 1. The fourth-order valence-electron chi connectivity index (χ4n) is 4.44. The molecular formula is C23H17F3N2O6S2. The molecular weight excluding hydrogens is 521 g/mol. The Balaban J connectivity index is 1.60. The van der Waals surface area contributed by atoms with Crippen LogP contribution < -0.4 is 9.77 Å². The van der Waals surface area contributed by atoms with Crippen LogP contribution in [0.15, 0.2) is 56.9 Å². The van der Waals surface area contributed by atoms with Gasteiger partial charge in [0.1, 0.15) is 17.6 Å². The number of furan rings is 1. The Morgan fingerprint density at radius 1 is 1.14 bits per heavy atom. The van der Waals surface area contributed by atoms with Gasteiger partial charge in [0.25, 0.3) is 0 Å². The van der Waals surface area contributed by atoms with E-state index < -0.39 is 51.5 Å². The van der Waals surface area contributed by atoms with Crippen molar-refractivity contribution in [2.24, 2.45) is 5.92 Å². The third-order valence-electron chi connectivity index (χ3n) is 5.92. The molecule has 4 heterocycles. The van der Waals surface area contributed by atoms with Crippen LogP contribution in [0.1, 0.15) is 29.0 Å². The topological polar surface area (TPSA) is 98.8 Å². The lowest BCUT2D eigenvalue weighted by molar-refractivity contribution is -0.144. The molecule has 13 heteroatoms. The van der Waals surface area contributed by atoms with Gasteiger partial charge in [-0.15, -0.1) is 0 Å². The van der Waals surface area contributed by atoms with Crippen LogP contribution in [0.3, 0.4) is 0 Å². The van der Waals surface area contributed by atoms with Crippen LogP contribution in [-0.2, 0) is 31.8 Å². The van der Waals surface area contributed by atoms with Gasteiger partial charge in [0.05, 0.1) is 45.9 Å². The summed E-state index contributed by atoms with van der Waals surface area (Å²) in [6.07, 6.45) is -3.27. The Bertz CT molecular complexity index is 1410. The fraction of sp³-hybridized carbons (Fsp3) is 0.304. The van der Waals surface area contributed by atoms with E-state index in [-0.39, 0.29) is 18.8 Å². The first-order chi connectivity index (χ1) is 17.1. The molecule has 1 fully saturated rings. The zero-order valence-electron chi connectivity index (χ0n) is 18.5. The Kier molecular flexibility index (Phi) is 6.07. The molecule has 3 aromatic rings. The van der Waals surface area contributed by atoms with E-state index in [2.05, 4.69) is 0 Å². The van der Waals surface area contributed by atoms with Gasteiger partial charge in [-0.2, -0.15) is 13.2 Å². The summed E-state index contributed by atoms with van der Waals surface area (Å²) in [6.45, 7) is 1.36. The summed E-state index contributed by atoms with van der Waals surface area (Å²) in [7, 11) is 0. The van der Waals surface area contributed by atoms with Crippen LogP contribution in [0.2, 0.25) is 0 Å². The summed E-state index contributed by atoms with van der Waals surface area (Å²) in [5.41, 5.74) is -1.19. The zero-order valence-corrected chi connectivity index (χ0v) is 20.1. The van der Waals surface area contributed by atoms with Crippen LogP contribution in [0.4, 0.5) is 18.9 Å². The van der Waals surface area contributed by atoms with Crippen molar-refractivity contribution in [3.63, 3.8) is 0 Å². The molecule has 36 heavy (non-hydrogen) atoms. The largest absolute Gasteiger partial charge is 0.469 e. The van der Waals surface area contributed by atoms with Crippen LogP contribution >= 0.6 is 23.1 Å². The molecule has 0 bridgehead atoms. The van der Waals surface area contributed by atoms with Gasteiger partial charge in [-0.05, 0) is 37.3 Å². The quantitative estimate of drug-likeness (QED) is 0.359. The number of halogens is 3. The molecule has 0 saturated carbocycles. The summed E-state index contributed by atoms with van der Waals surface area (Å²) in [6, 6.07) is 7.20. The van der Waals surface area contributed by atoms with Crippen molar-refractivity contribution in [2.45, 2.75) is 35.8 Å². The molecule has 5 rings (SSSR count). The van der Waals surface area contributed by atoms with E-state index in [4.69, 9.17) is 9.15 Å². The van der Waals surface area contributed by atoms with E-state index >= 15 is 0 Å². The number of imide groups is 1. The lowest BCUT2D eigenvalue weighted by Gasteiger charge is -2.28. The molecule has 0 N–H and O–H groups in total. The van der Waals surface area contributed by atoms with Gasteiger partial charge in [-0.1, -0.05) is 29.2 Å². The number of thioether (sulfide) groups is 1. The molecule has 8 nitrogen and oxygen atoms in total. The number of thiazole rings is 1. The molecule has 2 aliphatic rings. The number of hydrogen-bond donors (Lipinski definition) is 0. The Morgan fingerprint density at radius 3 is 2.58 bits per heavy atom. The third-order valence-corrected chi connectivity index (χ3v) is 8.53. The first-order valence-electron chi connectivity index (χ1n) is 10.8. The SMILES string of the molecule is CCOC(=O)Cn1c2c(sc1=O)[C@@H](c1ccco1)[C@@H]1C(=O)N(c3cccc(C(F)(F)F)c3)C(=O)[C@@H]1S2. The van der Waals surface area contributed by atoms with Crippen molar-refractivity contribution in [2.75, 3.05) is 11.5 Å². The number of benzene rings is 1. The maximum Gasteiger partial charge on any atom is 0.416 e. The number of rotatable bonds is 5. The molecule has 0 aliphatic carbocycles. The van der Waals surface area contributed by atoms with Crippen molar-refractivity contribution >= 4 is 46.6 Å². The van der Waals surface area contributed by atoms with Gasteiger partial charge in [-0.25, -0.2) is 4.90 Å². The van der Waals surface area contributed by atoms with Crippen LogP contribution in [0.5, 0.6) is 0 Å². The van der Waals surface area contributed by atoms with Crippen molar-refractivity contribution in [3.8, 4) is 0 Å². The predicted molar refractivity (Wildman–Crippen MR) is 123 cm³/mol.